The topological polar surface area (TPSA) is 57.3 Å². The Morgan fingerprint density at radius 2 is 2.24 bits per heavy atom. The van der Waals surface area contributed by atoms with Gasteiger partial charge in [-0.2, -0.15) is 0 Å². The number of nitrogens with one attached hydrogen (secondary N) is 2. The molecule has 1 aliphatic heterocycles. The maximum atomic E-state index is 11.6. The SMILES string of the molecule is CCC1CCCCN1c1ccc(NC(=O)NC(C)C)cn1. The van der Waals surface area contributed by atoms with Crippen LogP contribution in [0.1, 0.15) is 46.5 Å². The first-order valence-electron chi connectivity index (χ1n) is 7.90. The summed E-state index contributed by atoms with van der Waals surface area (Å²) in [5.74, 6) is 1.01. The highest BCUT2D eigenvalue weighted by Crippen LogP contribution is 2.25. The minimum absolute atomic E-state index is 0.121. The summed E-state index contributed by atoms with van der Waals surface area (Å²) < 4.78 is 0. The molecule has 0 spiro atoms. The van der Waals surface area contributed by atoms with Crippen LogP contribution in [-0.4, -0.2) is 29.6 Å². The Balaban J connectivity index is 1.99. The molecular weight excluding hydrogens is 264 g/mol. The van der Waals surface area contributed by atoms with Gasteiger partial charge in [-0.3, -0.25) is 0 Å². The fourth-order valence-electron chi connectivity index (χ4n) is 2.79. The van der Waals surface area contributed by atoms with Crippen LogP contribution in [0.5, 0.6) is 0 Å². The first kappa shape index (κ1) is 15.6. The second kappa shape index (κ2) is 7.29. The molecule has 2 heterocycles. The normalized spacial score (nSPS) is 18.7. The minimum Gasteiger partial charge on any atom is -0.354 e. The first-order chi connectivity index (χ1) is 10.1. The number of urea groups is 1. The van der Waals surface area contributed by atoms with E-state index < -0.39 is 0 Å². The van der Waals surface area contributed by atoms with Crippen molar-refractivity contribution < 1.29 is 4.79 Å². The van der Waals surface area contributed by atoms with E-state index in [0.717, 1.165) is 24.5 Å². The van der Waals surface area contributed by atoms with Crippen molar-refractivity contribution in [2.24, 2.45) is 0 Å². The van der Waals surface area contributed by atoms with Gasteiger partial charge in [0.05, 0.1) is 11.9 Å². The molecule has 2 rings (SSSR count). The van der Waals surface area contributed by atoms with Gasteiger partial charge in [-0.1, -0.05) is 6.92 Å². The molecule has 5 heteroatoms. The molecule has 1 aliphatic rings. The van der Waals surface area contributed by atoms with Gasteiger partial charge in [0.1, 0.15) is 5.82 Å². The van der Waals surface area contributed by atoms with Gasteiger partial charge >= 0.3 is 6.03 Å². The number of carbonyl (C=O) groups excluding carboxylic acids is 1. The van der Waals surface area contributed by atoms with Crippen molar-refractivity contribution in [2.45, 2.75) is 58.5 Å². The minimum atomic E-state index is -0.191. The zero-order valence-electron chi connectivity index (χ0n) is 13.2. The van der Waals surface area contributed by atoms with Crippen LogP contribution < -0.4 is 15.5 Å². The molecule has 5 nitrogen and oxygen atoms in total. The third kappa shape index (κ3) is 4.34. The van der Waals surface area contributed by atoms with Gasteiger partial charge in [-0.25, -0.2) is 9.78 Å². The van der Waals surface area contributed by atoms with Crippen LogP contribution in [-0.2, 0) is 0 Å². The molecule has 116 valence electrons. The average Bonchev–Trinajstić information content (AvgIpc) is 2.47. The number of anilines is 2. The average molecular weight is 290 g/mol. The number of hydrogen-bond acceptors (Lipinski definition) is 3. The number of pyridine rings is 1. The summed E-state index contributed by atoms with van der Waals surface area (Å²) in [5.41, 5.74) is 0.724. The Bertz CT molecular complexity index is 458. The van der Waals surface area contributed by atoms with Gasteiger partial charge in [0, 0.05) is 18.6 Å². The van der Waals surface area contributed by atoms with E-state index in [1.807, 2.05) is 26.0 Å². The van der Waals surface area contributed by atoms with Crippen LogP contribution in [0.4, 0.5) is 16.3 Å². The van der Waals surface area contributed by atoms with Crippen molar-refractivity contribution in [1.82, 2.24) is 10.3 Å². The lowest BCUT2D eigenvalue weighted by atomic mass is 10.00. The van der Waals surface area contributed by atoms with E-state index in [1.54, 1.807) is 6.20 Å². The summed E-state index contributed by atoms with van der Waals surface area (Å²) in [6, 6.07) is 4.44. The fraction of sp³-hybridized carbons (Fsp3) is 0.625. The largest absolute Gasteiger partial charge is 0.354 e. The molecular formula is C16H26N4O. The summed E-state index contributed by atoms with van der Waals surface area (Å²) in [5, 5.41) is 5.59. The molecule has 2 N–H and O–H groups in total. The van der Waals surface area contributed by atoms with E-state index in [2.05, 4.69) is 27.4 Å². The lowest BCUT2D eigenvalue weighted by Gasteiger charge is -2.36. The smallest absolute Gasteiger partial charge is 0.319 e. The van der Waals surface area contributed by atoms with Crippen LogP contribution in [0, 0.1) is 0 Å². The predicted molar refractivity (Wildman–Crippen MR) is 86.8 cm³/mol. The van der Waals surface area contributed by atoms with Crippen molar-refractivity contribution in [2.75, 3.05) is 16.8 Å². The van der Waals surface area contributed by atoms with Crippen molar-refractivity contribution >= 4 is 17.5 Å². The van der Waals surface area contributed by atoms with Gasteiger partial charge in [0.15, 0.2) is 0 Å². The molecule has 1 aromatic rings. The van der Waals surface area contributed by atoms with E-state index in [9.17, 15) is 4.79 Å². The van der Waals surface area contributed by atoms with Gasteiger partial charge in [-0.05, 0) is 51.7 Å². The summed E-state index contributed by atoms with van der Waals surface area (Å²) in [4.78, 5) is 18.6. The maximum Gasteiger partial charge on any atom is 0.319 e. The lowest BCUT2D eigenvalue weighted by Crippen LogP contribution is -2.39. The molecule has 0 radical (unpaired) electrons. The zero-order valence-corrected chi connectivity index (χ0v) is 13.2. The van der Waals surface area contributed by atoms with Crippen LogP contribution >= 0.6 is 0 Å². The van der Waals surface area contributed by atoms with E-state index in [1.165, 1.54) is 19.3 Å². The van der Waals surface area contributed by atoms with Gasteiger partial charge in [-0.15, -0.1) is 0 Å². The molecule has 1 fully saturated rings. The quantitative estimate of drug-likeness (QED) is 0.893. The molecule has 1 aromatic heterocycles. The summed E-state index contributed by atoms with van der Waals surface area (Å²) in [6.45, 7) is 7.17. The standard InChI is InChI=1S/C16H26N4O/c1-4-14-7-5-6-10-20(14)15-9-8-13(11-17-15)19-16(21)18-12(2)3/h8-9,11-12,14H,4-7,10H2,1-3H3,(H2,18,19,21). The lowest BCUT2D eigenvalue weighted by molar-refractivity contribution is 0.250. The van der Waals surface area contributed by atoms with Crippen molar-refractivity contribution in [3.63, 3.8) is 0 Å². The molecule has 21 heavy (non-hydrogen) atoms. The number of carbonyl (C=O) groups is 1. The van der Waals surface area contributed by atoms with E-state index >= 15 is 0 Å². The third-order valence-corrected chi connectivity index (χ3v) is 3.82. The maximum absolute atomic E-state index is 11.6. The van der Waals surface area contributed by atoms with Gasteiger partial charge < -0.3 is 15.5 Å². The number of nitrogens with zero attached hydrogens (tertiary/aromatic N) is 2. The molecule has 2 amide bonds. The monoisotopic (exact) mass is 290 g/mol. The summed E-state index contributed by atoms with van der Waals surface area (Å²) in [7, 11) is 0. The molecule has 0 aliphatic carbocycles. The Hall–Kier alpha value is -1.78. The highest BCUT2D eigenvalue weighted by atomic mass is 16.2. The summed E-state index contributed by atoms with van der Waals surface area (Å²) in [6.07, 6.45) is 6.67. The zero-order chi connectivity index (χ0) is 15.2. The van der Waals surface area contributed by atoms with E-state index in [-0.39, 0.29) is 12.1 Å². The molecule has 1 unspecified atom stereocenters. The van der Waals surface area contributed by atoms with Crippen molar-refractivity contribution in [3.8, 4) is 0 Å². The van der Waals surface area contributed by atoms with Crippen LogP contribution in [0.15, 0.2) is 18.3 Å². The number of rotatable bonds is 4. The van der Waals surface area contributed by atoms with Gasteiger partial charge in [0.2, 0.25) is 0 Å². The van der Waals surface area contributed by atoms with Crippen molar-refractivity contribution in [3.05, 3.63) is 18.3 Å². The number of piperidine rings is 1. The second-order valence-electron chi connectivity index (χ2n) is 5.91. The van der Waals surface area contributed by atoms with Crippen LogP contribution in [0.2, 0.25) is 0 Å². The number of amides is 2. The second-order valence-corrected chi connectivity index (χ2v) is 5.91. The molecule has 0 aromatic carbocycles. The van der Waals surface area contributed by atoms with Crippen molar-refractivity contribution in [1.29, 1.82) is 0 Å². The van der Waals surface area contributed by atoms with Crippen LogP contribution in [0.25, 0.3) is 0 Å². The molecule has 0 bridgehead atoms. The summed E-state index contributed by atoms with van der Waals surface area (Å²) >= 11 is 0. The van der Waals surface area contributed by atoms with Gasteiger partial charge in [0.25, 0.3) is 0 Å². The van der Waals surface area contributed by atoms with Crippen LogP contribution in [0.3, 0.4) is 0 Å². The van der Waals surface area contributed by atoms with E-state index in [4.69, 9.17) is 0 Å². The molecule has 0 saturated carbocycles. The Labute approximate surface area is 127 Å². The number of hydrogen-bond donors (Lipinski definition) is 2. The molecule has 1 atom stereocenters. The fourth-order valence-corrected chi connectivity index (χ4v) is 2.79. The Kier molecular flexibility index (Phi) is 5.42. The highest BCUT2D eigenvalue weighted by Gasteiger charge is 2.21. The molecule has 1 saturated heterocycles. The third-order valence-electron chi connectivity index (χ3n) is 3.82. The first-order valence-corrected chi connectivity index (χ1v) is 7.90. The Morgan fingerprint density at radius 1 is 1.43 bits per heavy atom. The van der Waals surface area contributed by atoms with E-state index in [0.29, 0.717) is 6.04 Å². The predicted octanol–water partition coefficient (Wildman–Crippen LogP) is 3.38. The Morgan fingerprint density at radius 3 is 2.86 bits per heavy atom. The number of aromatic nitrogens is 1. The highest BCUT2D eigenvalue weighted by molar-refractivity contribution is 5.89.